The summed E-state index contributed by atoms with van der Waals surface area (Å²) in [5.41, 5.74) is 8.63. The van der Waals surface area contributed by atoms with Crippen LogP contribution in [0.25, 0.3) is 0 Å². The Bertz CT molecular complexity index is 631. The van der Waals surface area contributed by atoms with E-state index in [0.29, 0.717) is 24.4 Å². The summed E-state index contributed by atoms with van der Waals surface area (Å²) < 4.78 is 5.30. The van der Waals surface area contributed by atoms with Crippen LogP contribution in [-0.4, -0.2) is 23.4 Å². The van der Waals surface area contributed by atoms with Gasteiger partial charge in [-0.25, -0.2) is 0 Å². The topological polar surface area (TPSA) is 59.5 Å². The number of hydrogen-bond acceptors (Lipinski definition) is 3. The Morgan fingerprint density at radius 1 is 1.26 bits per heavy atom. The quantitative estimate of drug-likeness (QED) is 0.850. The number of nitrogens with two attached hydrogens (primary N) is 1. The van der Waals surface area contributed by atoms with Crippen LogP contribution in [0, 0.1) is 6.92 Å². The predicted octanol–water partition coefficient (Wildman–Crippen LogP) is 3.53. The van der Waals surface area contributed by atoms with Crippen LogP contribution in [0.4, 0.5) is 0 Å². The van der Waals surface area contributed by atoms with E-state index < -0.39 is 0 Å². The lowest BCUT2D eigenvalue weighted by Crippen LogP contribution is -2.41. The molecule has 0 spiro atoms. The second-order valence-electron chi connectivity index (χ2n) is 5.85. The van der Waals surface area contributed by atoms with E-state index in [1.807, 2.05) is 11.8 Å². The van der Waals surface area contributed by atoms with Crippen LogP contribution in [0.3, 0.4) is 0 Å². The summed E-state index contributed by atoms with van der Waals surface area (Å²) in [6, 6.07) is 10.4. The lowest BCUT2D eigenvalue weighted by molar-refractivity contribution is 0.0683. The Morgan fingerprint density at radius 2 is 1.96 bits per heavy atom. The maximum absolute atomic E-state index is 12.8. The molecule has 1 unspecified atom stereocenters. The SMILES string of the molecule is CCC(Cc1ccc(C)cc1)N(CC)C(=O)c1coc(CN)c1. The molecule has 1 aromatic heterocycles. The van der Waals surface area contributed by atoms with Crippen molar-refractivity contribution in [2.75, 3.05) is 6.54 Å². The molecule has 0 aliphatic rings. The van der Waals surface area contributed by atoms with Crippen molar-refractivity contribution < 1.29 is 9.21 Å². The molecule has 0 saturated heterocycles. The molecule has 1 amide bonds. The van der Waals surface area contributed by atoms with Crippen LogP contribution in [-0.2, 0) is 13.0 Å². The normalized spacial score (nSPS) is 12.2. The van der Waals surface area contributed by atoms with Gasteiger partial charge in [0.05, 0.1) is 12.1 Å². The summed E-state index contributed by atoms with van der Waals surface area (Å²) in [5, 5.41) is 0. The Hall–Kier alpha value is -2.07. The van der Waals surface area contributed by atoms with Gasteiger partial charge in [0.1, 0.15) is 12.0 Å². The first-order valence-electron chi connectivity index (χ1n) is 8.23. The van der Waals surface area contributed by atoms with Crippen LogP contribution < -0.4 is 5.73 Å². The highest BCUT2D eigenvalue weighted by molar-refractivity contribution is 5.94. The average molecular weight is 314 g/mol. The third-order valence-electron chi connectivity index (χ3n) is 4.21. The number of rotatable bonds is 7. The molecular weight excluding hydrogens is 288 g/mol. The van der Waals surface area contributed by atoms with Gasteiger partial charge >= 0.3 is 0 Å². The first-order valence-corrected chi connectivity index (χ1v) is 8.23. The van der Waals surface area contributed by atoms with Gasteiger partial charge in [-0.2, -0.15) is 0 Å². The number of hydrogen-bond donors (Lipinski definition) is 1. The number of benzene rings is 1. The van der Waals surface area contributed by atoms with Crippen molar-refractivity contribution in [2.45, 2.75) is 46.2 Å². The third-order valence-corrected chi connectivity index (χ3v) is 4.21. The molecule has 1 atom stereocenters. The molecule has 0 aliphatic heterocycles. The van der Waals surface area contributed by atoms with Gasteiger partial charge in [0.25, 0.3) is 5.91 Å². The molecule has 0 aliphatic carbocycles. The van der Waals surface area contributed by atoms with Crippen LogP contribution in [0.15, 0.2) is 41.0 Å². The fraction of sp³-hybridized carbons (Fsp3) is 0.421. The van der Waals surface area contributed by atoms with Crippen molar-refractivity contribution >= 4 is 5.91 Å². The summed E-state index contributed by atoms with van der Waals surface area (Å²) in [7, 11) is 0. The Kier molecular flexibility index (Phi) is 5.99. The predicted molar refractivity (Wildman–Crippen MR) is 92.3 cm³/mol. The third kappa shape index (κ3) is 4.23. The number of nitrogens with zero attached hydrogens (tertiary/aromatic N) is 1. The molecule has 0 radical (unpaired) electrons. The van der Waals surface area contributed by atoms with Crippen LogP contribution in [0.2, 0.25) is 0 Å². The van der Waals surface area contributed by atoms with E-state index in [0.717, 1.165) is 12.8 Å². The largest absolute Gasteiger partial charge is 0.467 e. The highest BCUT2D eigenvalue weighted by Gasteiger charge is 2.23. The molecule has 2 aromatic rings. The molecule has 1 heterocycles. The maximum Gasteiger partial charge on any atom is 0.257 e. The van der Waals surface area contributed by atoms with Gasteiger partial charge in [0, 0.05) is 12.6 Å². The minimum atomic E-state index is 0.00918. The van der Waals surface area contributed by atoms with Crippen molar-refractivity contribution in [2.24, 2.45) is 5.73 Å². The second kappa shape index (κ2) is 7.97. The number of carbonyl (C=O) groups excluding carboxylic acids is 1. The summed E-state index contributed by atoms with van der Waals surface area (Å²) >= 11 is 0. The Labute approximate surface area is 138 Å². The number of carbonyl (C=O) groups is 1. The molecule has 0 saturated carbocycles. The number of likely N-dealkylation sites (N-methyl/N-ethyl adjacent to an activating group) is 1. The molecule has 23 heavy (non-hydrogen) atoms. The molecule has 2 N–H and O–H groups in total. The maximum atomic E-state index is 12.8. The van der Waals surface area contributed by atoms with Gasteiger partial charge in [-0.05, 0) is 38.3 Å². The molecule has 124 valence electrons. The molecule has 4 heteroatoms. The van der Waals surface area contributed by atoms with Crippen LogP contribution >= 0.6 is 0 Å². The molecule has 4 nitrogen and oxygen atoms in total. The monoisotopic (exact) mass is 314 g/mol. The van der Waals surface area contributed by atoms with E-state index in [9.17, 15) is 4.79 Å². The Morgan fingerprint density at radius 3 is 2.48 bits per heavy atom. The highest BCUT2D eigenvalue weighted by atomic mass is 16.3. The fourth-order valence-electron chi connectivity index (χ4n) is 2.80. The summed E-state index contributed by atoms with van der Waals surface area (Å²) in [6.45, 7) is 7.19. The van der Waals surface area contributed by atoms with Crippen molar-refractivity contribution in [3.8, 4) is 0 Å². The summed E-state index contributed by atoms with van der Waals surface area (Å²) in [5.74, 6) is 0.644. The zero-order valence-corrected chi connectivity index (χ0v) is 14.2. The number of aryl methyl sites for hydroxylation is 1. The van der Waals surface area contributed by atoms with E-state index in [2.05, 4.69) is 38.1 Å². The van der Waals surface area contributed by atoms with Gasteiger partial charge in [-0.3, -0.25) is 4.79 Å². The molecule has 0 bridgehead atoms. The van der Waals surface area contributed by atoms with Gasteiger partial charge in [0.15, 0.2) is 0 Å². The minimum Gasteiger partial charge on any atom is -0.467 e. The molecule has 0 fully saturated rings. The first kappa shape index (κ1) is 17.3. The standard InChI is InChI=1S/C19H26N2O2/c1-4-17(10-15-8-6-14(3)7-9-15)21(5-2)19(22)16-11-18(12-20)23-13-16/h6-9,11,13,17H,4-5,10,12,20H2,1-3H3. The van der Waals surface area contributed by atoms with E-state index in [4.69, 9.17) is 10.2 Å². The van der Waals surface area contributed by atoms with Gasteiger partial charge in [-0.1, -0.05) is 36.8 Å². The first-order chi connectivity index (χ1) is 11.1. The average Bonchev–Trinajstić information content (AvgIpc) is 3.05. The lowest BCUT2D eigenvalue weighted by Gasteiger charge is -2.30. The van der Waals surface area contributed by atoms with Crippen molar-refractivity contribution in [3.05, 3.63) is 59.0 Å². The van der Waals surface area contributed by atoms with Crippen molar-refractivity contribution in [3.63, 3.8) is 0 Å². The number of furan rings is 1. The molecular formula is C19H26N2O2. The highest BCUT2D eigenvalue weighted by Crippen LogP contribution is 2.17. The zero-order chi connectivity index (χ0) is 16.8. The van der Waals surface area contributed by atoms with Crippen molar-refractivity contribution in [1.82, 2.24) is 4.90 Å². The second-order valence-corrected chi connectivity index (χ2v) is 5.85. The minimum absolute atomic E-state index is 0.00918. The van der Waals surface area contributed by atoms with Gasteiger partial charge in [0.2, 0.25) is 0 Å². The fourth-order valence-corrected chi connectivity index (χ4v) is 2.80. The van der Waals surface area contributed by atoms with E-state index in [1.165, 1.54) is 17.4 Å². The van der Waals surface area contributed by atoms with E-state index in [-0.39, 0.29) is 11.9 Å². The van der Waals surface area contributed by atoms with Crippen LogP contribution in [0.1, 0.15) is 47.5 Å². The Balaban J connectivity index is 2.15. The van der Waals surface area contributed by atoms with Crippen LogP contribution in [0.5, 0.6) is 0 Å². The lowest BCUT2D eigenvalue weighted by atomic mass is 10.0. The van der Waals surface area contributed by atoms with E-state index >= 15 is 0 Å². The summed E-state index contributed by atoms with van der Waals surface area (Å²) in [6.07, 6.45) is 3.28. The van der Waals surface area contributed by atoms with Gasteiger partial charge < -0.3 is 15.1 Å². The van der Waals surface area contributed by atoms with Crippen molar-refractivity contribution in [1.29, 1.82) is 0 Å². The summed E-state index contributed by atoms with van der Waals surface area (Å²) in [4.78, 5) is 14.7. The smallest absolute Gasteiger partial charge is 0.257 e. The van der Waals surface area contributed by atoms with E-state index in [1.54, 1.807) is 6.07 Å². The zero-order valence-electron chi connectivity index (χ0n) is 14.2. The van der Waals surface area contributed by atoms with Gasteiger partial charge in [-0.15, -0.1) is 0 Å². The molecule has 2 rings (SSSR count). The molecule has 1 aromatic carbocycles. The number of amides is 1.